The highest BCUT2D eigenvalue weighted by Crippen LogP contribution is 2.45. The number of carbonyl (C=O) groups is 2. The lowest BCUT2D eigenvalue weighted by Crippen LogP contribution is -2.48. The zero-order valence-electron chi connectivity index (χ0n) is 20.0. The molecule has 5 nitrogen and oxygen atoms in total. The van der Waals surface area contributed by atoms with Crippen LogP contribution in [0.4, 0.5) is 13.6 Å². The number of Topliss-reactive ketones (excluding diaryl/α,β-unsaturated/α-hetero) is 1. The third kappa shape index (κ3) is 3.88. The monoisotopic (exact) mass is 498 g/mol. The summed E-state index contributed by atoms with van der Waals surface area (Å²) >= 11 is 0. The quantitative estimate of drug-likeness (QED) is 0.401. The average Bonchev–Trinajstić information content (AvgIpc) is 3.38. The fourth-order valence-corrected chi connectivity index (χ4v) is 6.40. The maximum atomic E-state index is 14.5. The SMILES string of the molecule is N#Cc1cc(F)c(C(=O)C2CC3CCC(C2)N3C(=O)OCC2c3ccccc3-c3ccccc32)cc1F. The summed E-state index contributed by atoms with van der Waals surface area (Å²) in [5.74, 6) is -2.84. The molecule has 6 rings (SSSR count). The summed E-state index contributed by atoms with van der Waals surface area (Å²) < 4.78 is 34.4. The first-order chi connectivity index (χ1) is 18.0. The summed E-state index contributed by atoms with van der Waals surface area (Å²) in [6.07, 6.45) is 1.84. The van der Waals surface area contributed by atoms with E-state index in [2.05, 4.69) is 24.3 Å². The first-order valence-corrected chi connectivity index (χ1v) is 12.5. The van der Waals surface area contributed by atoms with Crippen LogP contribution in [0, 0.1) is 28.9 Å². The van der Waals surface area contributed by atoms with Crippen LogP contribution in [-0.4, -0.2) is 35.5 Å². The van der Waals surface area contributed by atoms with Crippen LogP contribution in [0.5, 0.6) is 0 Å². The Labute approximate surface area is 213 Å². The maximum Gasteiger partial charge on any atom is 0.410 e. The molecular weight excluding hydrogens is 474 g/mol. The molecule has 7 heteroatoms. The Kier molecular flexibility index (Phi) is 5.75. The Hall–Kier alpha value is -4.05. The Morgan fingerprint density at radius 2 is 1.51 bits per heavy atom. The predicted molar refractivity (Wildman–Crippen MR) is 132 cm³/mol. The van der Waals surface area contributed by atoms with E-state index < -0.39 is 35.0 Å². The highest BCUT2D eigenvalue weighted by molar-refractivity contribution is 5.98. The van der Waals surface area contributed by atoms with E-state index in [0.717, 1.165) is 47.2 Å². The van der Waals surface area contributed by atoms with Gasteiger partial charge in [-0.15, -0.1) is 0 Å². The van der Waals surface area contributed by atoms with Gasteiger partial charge in [-0.1, -0.05) is 48.5 Å². The second kappa shape index (κ2) is 9.11. The van der Waals surface area contributed by atoms with Crippen LogP contribution in [0.25, 0.3) is 11.1 Å². The number of nitrogens with zero attached hydrogens (tertiary/aromatic N) is 2. The highest BCUT2D eigenvalue weighted by Gasteiger charge is 2.46. The van der Waals surface area contributed by atoms with Crippen molar-refractivity contribution in [2.75, 3.05) is 6.61 Å². The van der Waals surface area contributed by atoms with Crippen LogP contribution < -0.4 is 0 Å². The molecule has 2 fully saturated rings. The average molecular weight is 499 g/mol. The first kappa shape index (κ1) is 23.4. The summed E-state index contributed by atoms with van der Waals surface area (Å²) in [4.78, 5) is 28.1. The summed E-state index contributed by atoms with van der Waals surface area (Å²) in [5.41, 5.74) is 3.82. The van der Waals surface area contributed by atoms with E-state index in [4.69, 9.17) is 10.00 Å². The van der Waals surface area contributed by atoms with Gasteiger partial charge in [0.25, 0.3) is 0 Å². The molecular formula is C30H24F2N2O3. The molecule has 0 radical (unpaired) electrons. The van der Waals surface area contributed by atoms with Crippen molar-refractivity contribution in [1.82, 2.24) is 4.90 Å². The van der Waals surface area contributed by atoms with Gasteiger partial charge in [0.15, 0.2) is 5.78 Å². The molecule has 1 amide bonds. The van der Waals surface area contributed by atoms with E-state index in [0.29, 0.717) is 12.8 Å². The molecule has 1 aliphatic carbocycles. The van der Waals surface area contributed by atoms with Crippen molar-refractivity contribution in [3.63, 3.8) is 0 Å². The molecule has 2 unspecified atom stereocenters. The van der Waals surface area contributed by atoms with Crippen molar-refractivity contribution >= 4 is 11.9 Å². The zero-order chi connectivity index (χ0) is 25.7. The van der Waals surface area contributed by atoms with Crippen molar-refractivity contribution in [3.05, 3.63) is 94.6 Å². The van der Waals surface area contributed by atoms with Crippen LogP contribution in [0.2, 0.25) is 0 Å². The normalized spacial score (nSPS) is 21.8. The Morgan fingerprint density at radius 3 is 2.11 bits per heavy atom. The molecule has 37 heavy (non-hydrogen) atoms. The minimum absolute atomic E-state index is 0.0395. The molecule has 2 atom stereocenters. The molecule has 2 bridgehead atoms. The van der Waals surface area contributed by atoms with E-state index in [-0.39, 0.29) is 30.2 Å². The maximum absolute atomic E-state index is 14.5. The van der Waals surface area contributed by atoms with Gasteiger partial charge >= 0.3 is 6.09 Å². The number of hydrogen-bond acceptors (Lipinski definition) is 4. The number of ether oxygens (including phenoxy) is 1. The van der Waals surface area contributed by atoms with Gasteiger partial charge in [0, 0.05) is 23.9 Å². The number of halogens is 2. The van der Waals surface area contributed by atoms with Gasteiger partial charge in [-0.2, -0.15) is 5.26 Å². The molecule has 0 aromatic heterocycles. The van der Waals surface area contributed by atoms with Crippen LogP contribution >= 0.6 is 0 Å². The summed E-state index contributed by atoms with van der Waals surface area (Å²) in [6.45, 7) is 0.223. The van der Waals surface area contributed by atoms with Crippen LogP contribution in [0.3, 0.4) is 0 Å². The number of amides is 1. The minimum Gasteiger partial charge on any atom is -0.448 e. The van der Waals surface area contributed by atoms with Crippen molar-refractivity contribution < 1.29 is 23.1 Å². The fraction of sp³-hybridized carbons (Fsp3) is 0.300. The van der Waals surface area contributed by atoms with Crippen LogP contribution in [0.1, 0.15) is 58.6 Å². The lowest BCUT2D eigenvalue weighted by molar-refractivity contribution is 0.0504. The van der Waals surface area contributed by atoms with Crippen LogP contribution in [-0.2, 0) is 4.74 Å². The number of nitriles is 1. The third-order valence-electron chi connectivity index (χ3n) is 8.09. The van der Waals surface area contributed by atoms with Crippen molar-refractivity contribution in [2.24, 2.45) is 5.92 Å². The van der Waals surface area contributed by atoms with Gasteiger partial charge in [-0.25, -0.2) is 13.6 Å². The number of ketones is 1. The fourth-order valence-electron chi connectivity index (χ4n) is 6.40. The molecule has 2 aliphatic heterocycles. The molecule has 3 aromatic carbocycles. The molecule has 3 aromatic rings. The van der Waals surface area contributed by atoms with Crippen molar-refractivity contribution in [2.45, 2.75) is 43.7 Å². The van der Waals surface area contributed by atoms with Gasteiger partial charge in [0.05, 0.1) is 11.1 Å². The second-order valence-electron chi connectivity index (χ2n) is 10.1. The molecule has 0 saturated carbocycles. The number of carbonyl (C=O) groups excluding carboxylic acids is 2. The number of hydrogen-bond donors (Lipinski definition) is 0. The first-order valence-electron chi connectivity index (χ1n) is 12.5. The third-order valence-corrected chi connectivity index (χ3v) is 8.09. The Bertz CT molecular complexity index is 1400. The summed E-state index contributed by atoms with van der Waals surface area (Å²) in [5, 5.41) is 8.90. The van der Waals surface area contributed by atoms with Gasteiger partial charge in [-0.3, -0.25) is 4.79 Å². The predicted octanol–water partition coefficient (Wildman–Crippen LogP) is 6.21. The zero-order valence-corrected chi connectivity index (χ0v) is 20.0. The molecule has 3 aliphatic rings. The lowest BCUT2D eigenvalue weighted by Gasteiger charge is -2.37. The highest BCUT2D eigenvalue weighted by atomic mass is 19.1. The largest absolute Gasteiger partial charge is 0.448 e. The van der Waals surface area contributed by atoms with E-state index in [9.17, 15) is 18.4 Å². The topological polar surface area (TPSA) is 70.4 Å². The number of benzene rings is 3. The van der Waals surface area contributed by atoms with Crippen molar-refractivity contribution in [3.8, 4) is 17.2 Å². The minimum atomic E-state index is -0.911. The van der Waals surface area contributed by atoms with E-state index in [1.54, 1.807) is 11.0 Å². The molecule has 0 spiro atoms. The smallest absolute Gasteiger partial charge is 0.410 e. The standard InChI is InChI=1S/C30H24F2N2O3/c31-27-14-25(28(32)13-18(27)15-33)29(35)17-11-19-9-10-20(12-17)34(19)30(36)37-16-26-23-7-3-1-5-21(23)22-6-2-4-8-24(22)26/h1-8,13-14,17,19-20,26H,9-12,16H2. The lowest BCUT2D eigenvalue weighted by atomic mass is 9.84. The van der Waals surface area contributed by atoms with Gasteiger partial charge < -0.3 is 9.64 Å². The molecule has 2 saturated heterocycles. The van der Waals surface area contributed by atoms with E-state index in [1.165, 1.54) is 0 Å². The second-order valence-corrected chi connectivity index (χ2v) is 10.1. The van der Waals surface area contributed by atoms with E-state index in [1.807, 2.05) is 24.3 Å². The number of rotatable bonds is 4. The van der Waals surface area contributed by atoms with Gasteiger partial charge in [-0.05, 0) is 60.1 Å². The molecule has 186 valence electrons. The van der Waals surface area contributed by atoms with Crippen molar-refractivity contribution in [1.29, 1.82) is 5.26 Å². The molecule has 0 N–H and O–H groups in total. The van der Waals surface area contributed by atoms with Gasteiger partial charge in [0.2, 0.25) is 0 Å². The number of fused-ring (bicyclic) bond motifs is 5. The van der Waals surface area contributed by atoms with Crippen LogP contribution in [0.15, 0.2) is 60.7 Å². The summed E-state index contributed by atoms with van der Waals surface area (Å²) in [7, 11) is 0. The molecule has 2 heterocycles. The summed E-state index contributed by atoms with van der Waals surface area (Å²) in [6, 6.07) is 19.1. The van der Waals surface area contributed by atoms with Gasteiger partial charge in [0.1, 0.15) is 24.3 Å². The number of piperidine rings is 1. The Morgan fingerprint density at radius 1 is 0.919 bits per heavy atom. The Balaban J connectivity index is 1.15. The van der Waals surface area contributed by atoms with E-state index >= 15 is 0 Å².